The third-order valence-electron chi connectivity index (χ3n) is 10.4. The molecule has 6 heteroatoms. The van der Waals surface area contributed by atoms with Crippen LogP contribution >= 0.6 is 0 Å². The topological polar surface area (TPSA) is 78.1 Å². The Labute approximate surface area is 273 Å². The second kappa shape index (κ2) is 13.0. The molecule has 2 atom stereocenters. The fraction of sp³-hybridized carbons (Fsp3) is 0.350. The molecule has 46 heavy (non-hydrogen) atoms. The summed E-state index contributed by atoms with van der Waals surface area (Å²) in [5.41, 5.74) is 14.4. The number of anilines is 2. The lowest BCUT2D eigenvalue weighted by atomic mass is 9.95. The van der Waals surface area contributed by atoms with Gasteiger partial charge in [-0.15, -0.1) is 0 Å². The number of nitrogens with zero attached hydrogens (tertiary/aromatic N) is 4. The Bertz CT molecular complexity index is 1850. The SMILES string of the molecule is Cc1c(C#N)cccc1-c1ccc2c(c1)CC1CCNCCN21.Cc1cc(C#N)ccc1-c1ccc2c(c1)CC1CCNCCN21. The molecule has 0 amide bonds. The van der Waals surface area contributed by atoms with E-state index in [1.165, 1.54) is 63.2 Å². The molecule has 4 aliphatic heterocycles. The molecule has 0 aliphatic carbocycles. The molecule has 0 saturated carbocycles. The van der Waals surface area contributed by atoms with Gasteiger partial charge in [0, 0.05) is 49.6 Å². The Morgan fingerprint density at radius 3 is 1.83 bits per heavy atom. The minimum Gasteiger partial charge on any atom is -0.367 e. The van der Waals surface area contributed by atoms with Crippen LogP contribution in [0.25, 0.3) is 22.3 Å². The monoisotopic (exact) mass is 606 g/mol. The molecule has 2 saturated heterocycles. The van der Waals surface area contributed by atoms with Crippen LogP contribution in [-0.2, 0) is 12.8 Å². The molecule has 2 unspecified atom stereocenters. The average molecular weight is 607 g/mol. The number of aryl methyl sites for hydroxylation is 1. The molecule has 0 spiro atoms. The molecule has 0 bridgehead atoms. The van der Waals surface area contributed by atoms with E-state index in [0.29, 0.717) is 12.1 Å². The summed E-state index contributed by atoms with van der Waals surface area (Å²) in [5.74, 6) is 0. The van der Waals surface area contributed by atoms with E-state index in [4.69, 9.17) is 5.26 Å². The first kappa shape index (κ1) is 30.1. The largest absolute Gasteiger partial charge is 0.367 e. The van der Waals surface area contributed by atoms with Gasteiger partial charge in [0.25, 0.3) is 0 Å². The van der Waals surface area contributed by atoms with Crippen LogP contribution in [0.1, 0.15) is 46.2 Å². The summed E-state index contributed by atoms with van der Waals surface area (Å²) in [5, 5.41) is 25.3. The predicted molar refractivity (Wildman–Crippen MR) is 187 cm³/mol. The van der Waals surface area contributed by atoms with Crippen LogP contribution in [-0.4, -0.2) is 51.4 Å². The zero-order valence-corrected chi connectivity index (χ0v) is 26.9. The third-order valence-corrected chi connectivity index (χ3v) is 10.4. The van der Waals surface area contributed by atoms with Crippen LogP contribution in [0.5, 0.6) is 0 Å². The maximum Gasteiger partial charge on any atom is 0.0994 e. The molecule has 4 aliphatic rings. The van der Waals surface area contributed by atoms with Crippen molar-refractivity contribution in [1.29, 1.82) is 10.5 Å². The van der Waals surface area contributed by atoms with Gasteiger partial charge in [0.1, 0.15) is 0 Å². The summed E-state index contributed by atoms with van der Waals surface area (Å²) in [6, 6.07) is 31.4. The molecule has 0 aromatic heterocycles. The molecule has 4 aromatic rings. The Morgan fingerprint density at radius 1 is 0.652 bits per heavy atom. The van der Waals surface area contributed by atoms with Crippen LogP contribution in [0, 0.1) is 36.5 Å². The Kier molecular flexibility index (Phi) is 8.50. The van der Waals surface area contributed by atoms with E-state index in [9.17, 15) is 5.26 Å². The Hall–Kier alpha value is -4.62. The summed E-state index contributed by atoms with van der Waals surface area (Å²) in [7, 11) is 0. The highest BCUT2D eigenvalue weighted by molar-refractivity contribution is 5.75. The summed E-state index contributed by atoms with van der Waals surface area (Å²) >= 11 is 0. The molecule has 232 valence electrons. The normalized spacial score (nSPS) is 19.7. The second-order valence-corrected chi connectivity index (χ2v) is 13.1. The highest BCUT2D eigenvalue weighted by Crippen LogP contribution is 2.39. The maximum atomic E-state index is 9.25. The lowest BCUT2D eigenvalue weighted by molar-refractivity contribution is 0.612. The van der Waals surface area contributed by atoms with Crippen LogP contribution in [0.15, 0.2) is 72.8 Å². The van der Waals surface area contributed by atoms with E-state index in [1.807, 2.05) is 31.2 Å². The van der Waals surface area contributed by atoms with E-state index in [-0.39, 0.29) is 0 Å². The highest BCUT2D eigenvalue weighted by atomic mass is 15.2. The first-order valence-electron chi connectivity index (χ1n) is 16.8. The number of benzene rings is 4. The van der Waals surface area contributed by atoms with Gasteiger partial charge >= 0.3 is 0 Å². The molecule has 0 radical (unpaired) electrons. The van der Waals surface area contributed by atoms with Gasteiger partial charge in [-0.3, -0.25) is 0 Å². The standard InChI is InChI=1S/2C20H21N3/c1-14-10-15(13-21)2-4-19(14)16-3-5-20-17(11-16)12-18-6-7-22-8-9-23(18)20;1-14-16(13-21)3-2-4-19(14)15-5-6-20-17(11-15)12-18-7-8-22-9-10-23(18)20/h2-5,10-11,18,22H,6-9,12H2,1H3;2-6,11,18,22H,7-10,12H2,1H3. The summed E-state index contributed by atoms with van der Waals surface area (Å²) in [6.45, 7) is 10.7. The van der Waals surface area contributed by atoms with E-state index in [2.05, 4.69) is 88.0 Å². The zero-order chi connectivity index (χ0) is 31.6. The smallest absolute Gasteiger partial charge is 0.0994 e. The quantitative estimate of drug-likeness (QED) is 0.271. The van der Waals surface area contributed by atoms with Gasteiger partial charge in [0.05, 0.1) is 23.3 Å². The van der Waals surface area contributed by atoms with Crippen molar-refractivity contribution in [2.45, 2.75) is 51.6 Å². The fourth-order valence-corrected chi connectivity index (χ4v) is 7.95. The van der Waals surface area contributed by atoms with Gasteiger partial charge in [-0.05, 0) is 140 Å². The zero-order valence-electron chi connectivity index (χ0n) is 26.9. The lowest BCUT2D eigenvalue weighted by Crippen LogP contribution is -2.32. The molecule has 4 heterocycles. The van der Waals surface area contributed by atoms with E-state index >= 15 is 0 Å². The molecular weight excluding hydrogens is 564 g/mol. The van der Waals surface area contributed by atoms with Gasteiger partial charge in [0.2, 0.25) is 0 Å². The molecule has 2 fully saturated rings. The number of nitriles is 2. The van der Waals surface area contributed by atoms with Crippen molar-refractivity contribution in [3.63, 3.8) is 0 Å². The molecule has 2 N–H and O–H groups in total. The first-order chi connectivity index (χ1) is 22.5. The summed E-state index contributed by atoms with van der Waals surface area (Å²) in [4.78, 5) is 5.14. The van der Waals surface area contributed by atoms with E-state index in [1.54, 1.807) is 0 Å². The van der Waals surface area contributed by atoms with Crippen LogP contribution < -0.4 is 20.4 Å². The maximum absolute atomic E-state index is 9.25. The van der Waals surface area contributed by atoms with Crippen LogP contribution in [0.4, 0.5) is 11.4 Å². The molecule has 6 nitrogen and oxygen atoms in total. The number of hydrogen-bond donors (Lipinski definition) is 2. The summed E-state index contributed by atoms with van der Waals surface area (Å²) in [6.07, 6.45) is 4.73. The van der Waals surface area contributed by atoms with Gasteiger partial charge in [0.15, 0.2) is 0 Å². The van der Waals surface area contributed by atoms with Crippen LogP contribution in [0.2, 0.25) is 0 Å². The van der Waals surface area contributed by atoms with Gasteiger partial charge in [-0.25, -0.2) is 0 Å². The third kappa shape index (κ3) is 5.76. The predicted octanol–water partition coefficient (Wildman–Crippen LogP) is 6.52. The average Bonchev–Trinajstić information content (AvgIpc) is 3.37. The van der Waals surface area contributed by atoms with Crippen molar-refractivity contribution in [3.05, 3.63) is 106 Å². The van der Waals surface area contributed by atoms with Crippen molar-refractivity contribution in [1.82, 2.24) is 10.6 Å². The first-order valence-corrected chi connectivity index (χ1v) is 16.8. The molecular formula is C40H42N6. The highest BCUT2D eigenvalue weighted by Gasteiger charge is 2.31. The van der Waals surface area contributed by atoms with Crippen molar-refractivity contribution in [3.8, 4) is 34.4 Å². The molecule has 8 rings (SSSR count). The van der Waals surface area contributed by atoms with Crippen molar-refractivity contribution < 1.29 is 0 Å². The number of fused-ring (bicyclic) bond motifs is 6. The number of rotatable bonds is 2. The van der Waals surface area contributed by atoms with Crippen molar-refractivity contribution in [2.75, 3.05) is 49.1 Å². The van der Waals surface area contributed by atoms with Crippen molar-refractivity contribution in [2.24, 2.45) is 0 Å². The minimum atomic E-state index is 0.641. The number of hydrogen-bond acceptors (Lipinski definition) is 6. The van der Waals surface area contributed by atoms with Gasteiger partial charge in [-0.2, -0.15) is 10.5 Å². The second-order valence-electron chi connectivity index (χ2n) is 13.1. The van der Waals surface area contributed by atoms with E-state index in [0.717, 1.165) is 68.8 Å². The van der Waals surface area contributed by atoms with E-state index < -0.39 is 0 Å². The Morgan fingerprint density at radius 2 is 1.26 bits per heavy atom. The van der Waals surface area contributed by atoms with Gasteiger partial charge in [-0.1, -0.05) is 30.3 Å². The minimum absolute atomic E-state index is 0.641. The fourth-order valence-electron chi connectivity index (χ4n) is 7.95. The van der Waals surface area contributed by atoms with Crippen molar-refractivity contribution >= 4 is 11.4 Å². The van der Waals surface area contributed by atoms with Gasteiger partial charge < -0.3 is 20.4 Å². The number of nitrogens with one attached hydrogen (secondary N) is 2. The Balaban J connectivity index is 0.000000147. The summed E-state index contributed by atoms with van der Waals surface area (Å²) < 4.78 is 0. The lowest BCUT2D eigenvalue weighted by Gasteiger charge is -2.24. The molecule has 4 aromatic carbocycles. The van der Waals surface area contributed by atoms with Crippen LogP contribution in [0.3, 0.4) is 0 Å².